The van der Waals surface area contributed by atoms with Crippen LogP contribution in [0.3, 0.4) is 0 Å². The van der Waals surface area contributed by atoms with E-state index in [1.807, 2.05) is 36.2 Å². The Morgan fingerprint density at radius 2 is 2.13 bits per heavy atom. The molecular formula is C11H13N3S. The van der Waals surface area contributed by atoms with E-state index in [0.717, 1.165) is 6.54 Å². The molecule has 15 heavy (non-hydrogen) atoms. The van der Waals surface area contributed by atoms with E-state index in [-0.39, 0.29) is 0 Å². The minimum atomic E-state index is 0.352. The van der Waals surface area contributed by atoms with Crippen LogP contribution in [0.25, 0.3) is 0 Å². The second-order valence-electron chi connectivity index (χ2n) is 3.36. The van der Waals surface area contributed by atoms with Gasteiger partial charge < -0.3 is 5.32 Å². The summed E-state index contributed by atoms with van der Waals surface area (Å²) < 4.78 is 0. The van der Waals surface area contributed by atoms with E-state index < -0.39 is 0 Å². The summed E-state index contributed by atoms with van der Waals surface area (Å²) in [4.78, 5) is 9.32. The Morgan fingerprint density at radius 1 is 1.33 bits per heavy atom. The van der Waals surface area contributed by atoms with Gasteiger partial charge in [0.1, 0.15) is 0 Å². The van der Waals surface area contributed by atoms with E-state index in [9.17, 15) is 0 Å². The van der Waals surface area contributed by atoms with Gasteiger partial charge in [0.05, 0.1) is 5.51 Å². The van der Waals surface area contributed by atoms with Crippen LogP contribution >= 0.6 is 11.3 Å². The predicted octanol–water partition coefficient (Wildman–Crippen LogP) is 2.39. The van der Waals surface area contributed by atoms with Crippen molar-refractivity contribution >= 4 is 11.3 Å². The zero-order valence-electron chi connectivity index (χ0n) is 8.55. The molecule has 2 aromatic rings. The number of nitrogens with zero attached hydrogens (tertiary/aromatic N) is 2. The molecule has 0 amide bonds. The lowest BCUT2D eigenvalue weighted by Gasteiger charge is -2.11. The molecular weight excluding hydrogens is 206 g/mol. The maximum atomic E-state index is 4.07. The molecule has 0 radical (unpaired) electrons. The normalized spacial score (nSPS) is 12.6. The van der Waals surface area contributed by atoms with Crippen LogP contribution in [-0.2, 0) is 6.54 Å². The molecule has 1 unspecified atom stereocenters. The average Bonchev–Trinajstić information content (AvgIpc) is 2.81. The van der Waals surface area contributed by atoms with Crippen LogP contribution in [0.1, 0.15) is 23.4 Å². The number of pyridine rings is 1. The van der Waals surface area contributed by atoms with Gasteiger partial charge in [0.15, 0.2) is 0 Å². The molecule has 1 N–H and O–H groups in total. The van der Waals surface area contributed by atoms with Crippen LogP contribution in [0.2, 0.25) is 0 Å². The quantitative estimate of drug-likeness (QED) is 0.858. The fourth-order valence-corrected chi connectivity index (χ4v) is 1.96. The zero-order chi connectivity index (χ0) is 10.5. The summed E-state index contributed by atoms with van der Waals surface area (Å²) in [5, 5.41) is 3.44. The monoisotopic (exact) mass is 219 g/mol. The summed E-state index contributed by atoms with van der Waals surface area (Å²) in [6.07, 6.45) is 5.54. The molecule has 2 rings (SSSR count). The largest absolute Gasteiger partial charge is 0.305 e. The third-order valence-corrected chi connectivity index (χ3v) is 3.20. The lowest BCUT2D eigenvalue weighted by molar-refractivity contribution is 0.582. The highest BCUT2D eigenvalue weighted by Crippen LogP contribution is 2.16. The highest BCUT2D eigenvalue weighted by Gasteiger charge is 2.05. The maximum Gasteiger partial charge on any atom is 0.0794 e. The first-order valence-corrected chi connectivity index (χ1v) is 5.75. The van der Waals surface area contributed by atoms with Gasteiger partial charge in [-0.25, -0.2) is 0 Å². The minimum Gasteiger partial charge on any atom is -0.305 e. The van der Waals surface area contributed by atoms with Crippen molar-refractivity contribution in [2.75, 3.05) is 0 Å². The van der Waals surface area contributed by atoms with Gasteiger partial charge in [0.2, 0.25) is 0 Å². The number of aromatic nitrogens is 2. The van der Waals surface area contributed by atoms with E-state index in [0.29, 0.717) is 6.04 Å². The standard InChI is InChI=1S/C11H13N3S/c1-9(11-7-13-8-15-11)14-6-10-2-4-12-5-3-10/h2-5,7-9,14H,6H2,1H3. The van der Waals surface area contributed by atoms with Crippen LogP contribution in [0.5, 0.6) is 0 Å². The second kappa shape index (κ2) is 5.00. The van der Waals surface area contributed by atoms with Crippen LogP contribution < -0.4 is 5.32 Å². The molecule has 3 nitrogen and oxygen atoms in total. The number of hydrogen-bond acceptors (Lipinski definition) is 4. The molecule has 0 saturated carbocycles. The van der Waals surface area contributed by atoms with E-state index >= 15 is 0 Å². The lowest BCUT2D eigenvalue weighted by Crippen LogP contribution is -2.17. The topological polar surface area (TPSA) is 37.8 Å². The van der Waals surface area contributed by atoms with Crippen molar-refractivity contribution in [1.29, 1.82) is 0 Å². The zero-order valence-corrected chi connectivity index (χ0v) is 9.37. The smallest absolute Gasteiger partial charge is 0.0794 e. The molecule has 0 aromatic carbocycles. The van der Waals surface area contributed by atoms with Gasteiger partial charge in [-0.1, -0.05) is 0 Å². The molecule has 1 atom stereocenters. The molecule has 78 valence electrons. The molecule has 0 aliphatic rings. The van der Waals surface area contributed by atoms with E-state index in [1.54, 1.807) is 11.3 Å². The third-order valence-electron chi connectivity index (χ3n) is 2.24. The lowest BCUT2D eigenvalue weighted by atomic mass is 10.2. The van der Waals surface area contributed by atoms with Crippen molar-refractivity contribution in [1.82, 2.24) is 15.3 Å². The molecule has 2 aromatic heterocycles. The Kier molecular flexibility index (Phi) is 3.42. The Labute approximate surface area is 93.2 Å². The first kappa shape index (κ1) is 10.3. The van der Waals surface area contributed by atoms with E-state index in [1.165, 1.54) is 10.4 Å². The summed E-state index contributed by atoms with van der Waals surface area (Å²) >= 11 is 1.68. The van der Waals surface area contributed by atoms with Crippen molar-refractivity contribution in [2.24, 2.45) is 0 Å². The molecule has 0 fully saturated rings. The minimum absolute atomic E-state index is 0.352. The first-order chi connectivity index (χ1) is 7.36. The molecule has 0 bridgehead atoms. The van der Waals surface area contributed by atoms with E-state index in [2.05, 4.69) is 22.2 Å². The van der Waals surface area contributed by atoms with E-state index in [4.69, 9.17) is 0 Å². The number of nitrogens with one attached hydrogen (secondary N) is 1. The number of thiazole rings is 1. The molecule has 0 saturated heterocycles. The SMILES string of the molecule is CC(NCc1ccncc1)c1cncs1. The fraction of sp³-hybridized carbons (Fsp3) is 0.273. The fourth-order valence-electron chi connectivity index (χ4n) is 1.31. The van der Waals surface area contributed by atoms with Gasteiger partial charge >= 0.3 is 0 Å². The summed E-state index contributed by atoms with van der Waals surface area (Å²) in [6, 6.07) is 4.39. The Bertz CT molecular complexity index is 385. The highest BCUT2D eigenvalue weighted by atomic mass is 32.1. The molecule has 0 aliphatic heterocycles. The Balaban J connectivity index is 1.89. The number of rotatable bonds is 4. The summed E-state index contributed by atoms with van der Waals surface area (Å²) in [6.45, 7) is 3.01. The highest BCUT2D eigenvalue weighted by molar-refractivity contribution is 7.09. The van der Waals surface area contributed by atoms with Crippen molar-refractivity contribution in [3.63, 3.8) is 0 Å². The first-order valence-electron chi connectivity index (χ1n) is 4.87. The van der Waals surface area contributed by atoms with Gasteiger partial charge in [-0.15, -0.1) is 11.3 Å². The third kappa shape index (κ3) is 2.84. The van der Waals surface area contributed by atoms with Crippen molar-refractivity contribution in [3.8, 4) is 0 Å². The van der Waals surface area contributed by atoms with Crippen LogP contribution in [0.4, 0.5) is 0 Å². The second-order valence-corrected chi connectivity index (χ2v) is 4.28. The molecule has 2 heterocycles. The Morgan fingerprint density at radius 3 is 2.80 bits per heavy atom. The van der Waals surface area contributed by atoms with Crippen molar-refractivity contribution in [2.45, 2.75) is 19.5 Å². The molecule has 4 heteroatoms. The summed E-state index contributed by atoms with van der Waals surface area (Å²) in [5.74, 6) is 0. The maximum absolute atomic E-state index is 4.07. The number of hydrogen-bond donors (Lipinski definition) is 1. The van der Waals surface area contributed by atoms with Crippen molar-refractivity contribution < 1.29 is 0 Å². The van der Waals surface area contributed by atoms with Crippen molar-refractivity contribution in [3.05, 3.63) is 46.7 Å². The molecule has 0 aliphatic carbocycles. The van der Waals surface area contributed by atoms with Crippen LogP contribution in [0.15, 0.2) is 36.2 Å². The van der Waals surface area contributed by atoms with Gasteiger partial charge in [0.25, 0.3) is 0 Å². The van der Waals surface area contributed by atoms with Gasteiger partial charge in [-0.2, -0.15) is 0 Å². The summed E-state index contributed by atoms with van der Waals surface area (Å²) in [5.41, 5.74) is 3.11. The van der Waals surface area contributed by atoms with Gasteiger partial charge in [-0.05, 0) is 24.6 Å². The van der Waals surface area contributed by atoms with Crippen LogP contribution in [-0.4, -0.2) is 9.97 Å². The van der Waals surface area contributed by atoms with Gasteiger partial charge in [-0.3, -0.25) is 9.97 Å². The Hall–Kier alpha value is -1.26. The predicted molar refractivity (Wildman–Crippen MR) is 61.6 cm³/mol. The average molecular weight is 219 g/mol. The van der Waals surface area contributed by atoms with Gasteiger partial charge in [0, 0.05) is 36.1 Å². The molecule has 0 spiro atoms. The summed E-state index contributed by atoms with van der Waals surface area (Å²) in [7, 11) is 0. The van der Waals surface area contributed by atoms with Crippen LogP contribution in [0, 0.1) is 0 Å².